The zero-order chi connectivity index (χ0) is 18.0. The minimum absolute atomic E-state index is 0.151. The molecule has 0 saturated heterocycles. The summed E-state index contributed by atoms with van der Waals surface area (Å²) >= 11 is 7.02. The average Bonchev–Trinajstić information content (AvgIpc) is 2.57. The highest BCUT2D eigenvalue weighted by Crippen LogP contribution is 2.35. The van der Waals surface area contributed by atoms with Gasteiger partial charge in [-0.1, -0.05) is 29.4 Å². The summed E-state index contributed by atoms with van der Waals surface area (Å²) in [5, 5.41) is 2.54. The SMILES string of the molecule is CC1(c2cc(C=C(F)c3ccc(Cl)cn3)ccc2F)C=CSC(N)=N1. The van der Waals surface area contributed by atoms with Gasteiger partial charge < -0.3 is 5.73 Å². The number of thioether (sulfide) groups is 1. The van der Waals surface area contributed by atoms with Crippen LogP contribution in [0.3, 0.4) is 0 Å². The molecule has 0 amide bonds. The number of rotatable bonds is 3. The van der Waals surface area contributed by atoms with Gasteiger partial charge in [0.25, 0.3) is 0 Å². The van der Waals surface area contributed by atoms with Crippen LogP contribution in [0.25, 0.3) is 11.9 Å². The fourth-order valence-corrected chi connectivity index (χ4v) is 3.26. The predicted octanol–water partition coefficient (Wildman–Crippen LogP) is 5.13. The maximum atomic E-state index is 14.4. The second kappa shape index (κ2) is 6.98. The lowest BCUT2D eigenvalue weighted by Crippen LogP contribution is -2.24. The third-order valence-corrected chi connectivity index (χ3v) is 4.55. The van der Waals surface area contributed by atoms with Gasteiger partial charge in [-0.3, -0.25) is 4.98 Å². The molecule has 3 rings (SSSR count). The topological polar surface area (TPSA) is 51.3 Å². The molecule has 2 heterocycles. The highest BCUT2D eigenvalue weighted by molar-refractivity contribution is 8.16. The maximum Gasteiger partial charge on any atom is 0.159 e. The third-order valence-electron chi connectivity index (χ3n) is 3.72. The van der Waals surface area contributed by atoms with E-state index in [9.17, 15) is 8.78 Å². The molecule has 0 saturated carbocycles. The molecule has 1 aliphatic rings. The molecule has 0 aliphatic carbocycles. The molecule has 2 N–H and O–H groups in total. The molecule has 1 unspecified atom stereocenters. The number of aliphatic imine (C=N–C) groups is 1. The van der Waals surface area contributed by atoms with Crippen molar-refractivity contribution < 1.29 is 8.78 Å². The number of hydrogen-bond donors (Lipinski definition) is 1. The number of nitrogens with zero attached hydrogens (tertiary/aromatic N) is 2. The Bertz CT molecular complexity index is 894. The van der Waals surface area contributed by atoms with E-state index >= 15 is 0 Å². The molecule has 2 aromatic rings. The summed E-state index contributed by atoms with van der Waals surface area (Å²) in [5.74, 6) is -0.977. The van der Waals surface area contributed by atoms with Gasteiger partial charge in [-0.25, -0.2) is 13.8 Å². The molecule has 128 valence electrons. The smallest absolute Gasteiger partial charge is 0.159 e. The van der Waals surface area contributed by atoms with Gasteiger partial charge in [0, 0.05) is 11.8 Å². The fourth-order valence-electron chi connectivity index (χ4n) is 2.44. The number of hydrogen-bond acceptors (Lipinski definition) is 4. The molecule has 0 fully saturated rings. The lowest BCUT2D eigenvalue weighted by Gasteiger charge is -2.25. The summed E-state index contributed by atoms with van der Waals surface area (Å²) in [7, 11) is 0. The summed E-state index contributed by atoms with van der Waals surface area (Å²) in [5.41, 5.74) is 5.78. The highest BCUT2D eigenvalue weighted by Gasteiger charge is 2.28. The highest BCUT2D eigenvalue weighted by atomic mass is 35.5. The van der Waals surface area contributed by atoms with E-state index in [1.54, 1.807) is 30.5 Å². The van der Waals surface area contributed by atoms with E-state index in [0.717, 1.165) is 0 Å². The molecule has 0 radical (unpaired) electrons. The monoisotopic (exact) mass is 377 g/mol. The number of nitrogens with two attached hydrogens (primary N) is 1. The van der Waals surface area contributed by atoms with Crippen LogP contribution < -0.4 is 5.73 Å². The molecular weight excluding hydrogens is 364 g/mol. The van der Waals surface area contributed by atoms with E-state index in [1.807, 2.05) is 0 Å². The van der Waals surface area contributed by atoms with E-state index in [4.69, 9.17) is 17.3 Å². The van der Waals surface area contributed by atoms with Crippen molar-refractivity contribution in [3.05, 3.63) is 75.7 Å². The first kappa shape index (κ1) is 17.6. The van der Waals surface area contributed by atoms with Crippen LogP contribution >= 0.6 is 23.4 Å². The van der Waals surface area contributed by atoms with Crippen molar-refractivity contribution >= 4 is 40.4 Å². The van der Waals surface area contributed by atoms with Crippen molar-refractivity contribution in [2.24, 2.45) is 10.7 Å². The van der Waals surface area contributed by atoms with Gasteiger partial charge in [-0.15, -0.1) is 0 Å². The zero-order valence-electron chi connectivity index (χ0n) is 13.2. The van der Waals surface area contributed by atoms with Crippen molar-refractivity contribution in [1.82, 2.24) is 4.98 Å². The van der Waals surface area contributed by atoms with Crippen LogP contribution in [0, 0.1) is 5.82 Å². The van der Waals surface area contributed by atoms with Gasteiger partial charge in [-0.05, 0) is 54.3 Å². The van der Waals surface area contributed by atoms with Crippen LogP contribution in [-0.4, -0.2) is 10.2 Å². The first-order valence-electron chi connectivity index (χ1n) is 7.36. The molecule has 1 aliphatic heterocycles. The number of benzene rings is 1. The first-order chi connectivity index (χ1) is 11.9. The quantitative estimate of drug-likeness (QED) is 0.806. The minimum atomic E-state index is -0.932. The summed E-state index contributed by atoms with van der Waals surface area (Å²) in [6.07, 6.45) is 4.41. The van der Waals surface area contributed by atoms with Gasteiger partial charge in [0.2, 0.25) is 0 Å². The molecule has 1 atom stereocenters. The summed E-state index contributed by atoms with van der Waals surface area (Å²) in [6, 6.07) is 7.37. The summed E-state index contributed by atoms with van der Waals surface area (Å²) in [6.45, 7) is 1.75. The Hall–Kier alpha value is -2.18. The molecule has 25 heavy (non-hydrogen) atoms. The Labute approximate surface area is 153 Å². The fraction of sp³-hybridized carbons (Fsp3) is 0.111. The summed E-state index contributed by atoms with van der Waals surface area (Å²) in [4.78, 5) is 8.25. The van der Waals surface area contributed by atoms with Gasteiger partial charge in [0.1, 0.15) is 17.2 Å². The second-order valence-electron chi connectivity index (χ2n) is 5.61. The molecule has 1 aromatic carbocycles. The normalized spacial score (nSPS) is 20.5. The minimum Gasteiger partial charge on any atom is -0.378 e. The van der Waals surface area contributed by atoms with E-state index in [1.165, 1.54) is 42.2 Å². The molecule has 1 aromatic heterocycles. The third kappa shape index (κ3) is 3.91. The van der Waals surface area contributed by atoms with Crippen LogP contribution in [0.1, 0.15) is 23.7 Å². The van der Waals surface area contributed by atoms with E-state index in [0.29, 0.717) is 21.3 Å². The zero-order valence-corrected chi connectivity index (χ0v) is 14.8. The average molecular weight is 378 g/mol. The largest absolute Gasteiger partial charge is 0.378 e. The Morgan fingerprint density at radius 1 is 1.32 bits per heavy atom. The van der Waals surface area contributed by atoms with Crippen molar-refractivity contribution in [3.63, 3.8) is 0 Å². The van der Waals surface area contributed by atoms with Crippen molar-refractivity contribution in [2.45, 2.75) is 12.5 Å². The number of amidine groups is 1. The van der Waals surface area contributed by atoms with E-state index in [2.05, 4.69) is 9.98 Å². The summed E-state index contributed by atoms with van der Waals surface area (Å²) < 4.78 is 28.7. The van der Waals surface area contributed by atoms with Gasteiger partial charge in [-0.2, -0.15) is 0 Å². The van der Waals surface area contributed by atoms with Crippen LogP contribution in [0.15, 0.2) is 53.0 Å². The Kier molecular flexibility index (Phi) is 4.92. The van der Waals surface area contributed by atoms with Crippen LogP contribution in [-0.2, 0) is 5.54 Å². The molecular formula is C18H14ClF2N3S. The lowest BCUT2D eigenvalue weighted by molar-refractivity contribution is 0.545. The molecule has 0 bridgehead atoms. The van der Waals surface area contributed by atoms with E-state index < -0.39 is 17.2 Å². The standard InChI is InChI=1S/C18H14ClF2N3S/c1-18(6-7-25-17(22)24-18)13-8-11(2-4-14(13)20)9-15(21)16-5-3-12(19)10-23-16/h2-10H,1H3,(H2,22,24). The first-order valence-corrected chi connectivity index (χ1v) is 8.62. The Morgan fingerprint density at radius 3 is 2.80 bits per heavy atom. The van der Waals surface area contributed by atoms with Gasteiger partial charge in [0.05, 0.1) is 10.7 Å². The second-order valence-corrected chi connectivity index (χ2v) is 6.97. The van der Waals surface area contributed by atoms with Crippen molar-refractivity contribution in [2.75, 3.05) is 0 Å². The lowest BCUT2D eigenvalue weighted by atomic mass is 9.90. The van der Waals surface area contributed by atoms with Gasteiger partial charge >= 0.3 is 0 Å². The predicted molar refractivity (Wildman–Crippen MR) is 100 cm³/mol. The van der Waals surface area contributed by atoms with Crippen LogP contribution in [0.5, 0.6) is 0 Å². The Balaban J connectivity index is 1.99. The molecule has 3 nitrogen and oxygen atoms in total. The van der Waals surface area contributed by atoms with Gasteiger partial charge in [0.15, 0.2) is 5.17 Å². The van der Waals surface area contributed by atoms with Crippen LogP contribution in [0.4, 0.5) is 8.78 Å². The van der Waals surface area contributed by atoms with Crippen LogP contribution in [0.2, 0.25) is 5.02 Å². The number of aromatic nitrogens is 1. The molecule has 7 heteroatoms. The van der Waals surface area contributed by atoms with E-state index in [-0.39, 0.29) is 5.69 Å². The van der Waals surface area contributed by atoms with Crippen molar-refractivity contribution in [1.29, 1.82) is 0 Å². The molecule has 0 spiro atoms. The Morgan fingerprint density at radius 2 is 2.12 bits per heavy atom. The maximum absolute atomic E-state index is 14.4. The number of halogens is 3. The van der Waals surface area contributed by atoms with Crippen molar-refractivity contribution in [3.8, 4) is 0 Å². The number of pyridine rings is 1.